The number of aromatic amines is 1. The third-order valence-corrected chi connectivity index (χ3v) is 4.00. The molecular weight excluding hydrogens is 307 g/mol. The molecule has 0 aliphatic carbocycles. The lowest BCUT2D eigenvalue weighted by molar-refractivity contribution is 0.0938. The van der Waals surface area contributed by atoms with Gasteiger partial charge in [-0.15, -0.1) is 0 Å². The molecule has 1 heterocycles. The Morgan fingerprint density at radius 3 is 2.79 bits per heavy atom. The summed E-state index contributed by atoms with van der Waals surface area (Å²) in [5, 5.41) is 10.6. The number of fused-ring (bicyclic) bond motifs is 1. The van der Waals surface area contributed by atoms with Crippen LogP contribution in [0.5, 0.6) is 0 Å². The van der Waals surface area contributed by atoms with Crippen LogP contribution in [0, 0.1) is 5.82 Å². The molecule has 3 aromatic rings. The van der Waals surface area contributed by atoms with E-state index in [1.807, 2.05) is 49.3 Å². The van der Waals surface area contributed by atoms with Crippen LogP contribution in [0.25, 0.3) is 10.9 Å². The number of nitrogens with zero attached hydrogens (tertiary/aromatic N) is 2. The van der Waals surface area contributed by atoms with E-state index in [1.54, 1.807) is 6.07 Å². The lowest BCUT2D eigenvalue weighted by Gasteiger charge is -2.25. The van der Waals surface area contributed by atoms with Gasteiger partial charge in [0.15, 0.2) is 5.69 Å². The zero-order chi connectivity index (χ0) is 17.1. The Hall–Kier alpha value is -2.73. The molecule has 0 aliphatic rings. The van der Waals surface area contributed by atoms with Crippen LogP contribution >= 0.6 is 0 Å². The maximum atomic E-state index is 13.5. The highest BCUT2D eigenvalue weighted by molar-refractivity contribution is 6.04. The van der Waals surface area contributed by atoms with E-state index >= 15 is 0 Å². The zero-order valence-electron chi connectivity index (χ0n) is 13.6. The maximum absolute atomic E-state index is 13.5. The molecule has 2 aromatic carbocycles. The van der Waals surface area contributed by atoms with Gasteiger partial charge in [0.1, 0.15) is 5.82 Å². The minimum Gasteiger partial charge on any atom is -0.349 e. The van der Waals surface area contributed by atoms with Gasteiger partial charge in [-0.05, 0) is 37.9 Å². The van der Waals surface area contributed by atoms with Crippen LogP contribution in [0.3, 0.4) is 0 Å². The molecule has 0 spiro atoms. The average molecular weight is 326 g/mol. The lowest BCUT2D eigenvalue weighted by atomic mass is 10.1. The van der Waals surface area contributed by atoms with Crippen LogP contribution in [0.1, 0.15) is 22.1 Å². The fourth-order valence-corrected chi connectivity index (χ4v) is 2.72. The van der Waals surface area contributed by atoms with E-state index in [0.717, 1.165) is 16.5 Å². The van der Waals surface area contributed by atoms with Crippen LogP contribution in [-0.2, 0) is 0 Å². The quantitative estimate of drug-likeness (QED) is 0.758. The Labute approximate surface area is 139 Å². The van der Waals surface area contributed by atoms with E-state index in [0.29, 0.717) is 12.2 Å². The summed E-state index contributed by atoms with van der Waals surface area (Å²) in [6, 6.07) is 13.8. The van der Waals surface area contributed by atoms with Crippen molar-refractivity contribution in [2.24, 2.45) is 0 Å². The SMILES string of the molecule is CN(C)[C@@H](CNC(=O)c1n[nH]c2ccccc12)c1cccc(F)c1. The van der Waals surface area contributed by atoms with Crippen LogP contribution in [-0.4, -0.2) is 41.6 Å². The molecule has 0 fully saturated rings. The molecule has 6 heteroatoms. The number of hydrogen-bond acceptors (Lipinski definition) is 3. The van der Waals surface area contributed by atoms with Crippen molar-refractivity contribution in [1.82, 2.24) is 20.4 Å². The van der Waals surface area contributed by atoms with Crippen molar-refractivity contribution in [2.75, 3.05) is 20.6 Å². The van der Waals surface area contributed by atoms with Crippen molar-refractivity contribution in [3.8, 4) is 0 Å². The monoisotopic (exact) mass is 326 g/mol. The number of benzene rings is 2. The molecule has 0 radical (unpaired) electrons. The first-order chi connectivity index (χ1) is 11.6. The van der Waals surface area contributed by atoms with Crippen LogP contribution in [0.4, 0.5) is 4.39 Å². The molecule has 1 amide bonds. The molecule has 0 saturated heterocycles. The summed E-state index contributed by atoms with van der Waals surface area (Å²) < 4.78 is 13.5. The molecule has 2 N–H and O–H groups in total. The first-order valence-electron chi connectivity index (χ1n) is 7.69. The molecule has 0 aliphatic heterocycles. The first kappa shape index (κ1) is 16.1. The molecule has 24 heavy (non-hydrogen) atoms. The fourth-order valence-electron chi connectivity index (χ4n) is 2.72. The predicted octanol–water partition coefficient (Wildman–Crippen LogP) is 2.73. The van der Waals surface area contributed by atoms with Crippen LogP contribution in [0.15, 0.2) is 48.5 Å². The van der Waals surface area contributed by atoms with Crippen molar-refractivity contribution in [1.29, 1.82) is 0 Å². The highest BCUT2D eigenvalue weighted by atomic mass is 19.1. The summed E-state index contributed by atoms with van der Waals surface area (Å²) in [7, 11) is 3.79. The van der Waals surface area contributed by atoms with Gasteiger partial charge in [-0.3, -0.25) is 9.89 Å². The Bertz CT molecular complexity index is 859. The minimum absolute atomic E-state index is 0.130. The van der Waals surface area contributed by atoms with Crippen molar-refractivity contribution in [2.45, 2.75) is 6.04 Å². The molecule has 124 valence electrons. The summed E-state index contributed by atoms with van der Waals surface area (Å²) >= 11 is 0. The maximum Gasteiger partial charge on any atom is 0.272 e. The second-order valence-corrected chi connectivity index (χ2v) is 5.86. The molecule has 1 aromatic heterocycles. The number of likely N-dealkylation sites (N-methyl/N-ethyl adjacent to an activating group) is 1. The third kappa shape index (κ3) is 3.28. The van der Waals surface area contributed by atoms with Gasteiger partial charge in [0, 0.05) is 11.9 Å². The van der Waals surface area contributed by atoms with Gasteiger partial charge >= 0.3 is 0 Å². The third-order valence-electron chi connectivity index (χ3n) is 4.00. The number of carbonyl (C=O) groups excluding carboxylic acids is 1. The van der Waals surface area contributed by atoms with Gasteiger partial charge in [0.25, 0.3) is 5.91 Å². The molecule has 3 rings (SSSR count). The van der Waals surface area contributed by atoms with E-state index in [-0.39, 0.29) is 17.8 Å². The van der Waals surface area contributed by atoms with Crippen molar-refractivity contribution < 1.29 is 9.18 Å². The summed E-state index contributed by atoms with van der Waals surface area (Å²) in [6.07, 6.45) is 0. The highest BCUT2D eigenvalue weighted by Gasteiger charge is 2.18. The number of amides is 1. The number of para-hydroxylation sites is 1. The Balaban J connectivity index is 1.76. The van der Waals surface area contributed by atoms with Gasteiger partial charge in [0.2, 0.25) is 0 Å². The van der Waals surface area contributed by atoms with Crippen molar-refractivity contribution >= 4 is 16.8 Å². The molecular formula is C18H19FN4O. The van der Waals surface area contributed by atoms with Gasteiger partial charge in [-0.1, -0.05) is 30.3 Å². The van der Waals surface area contributed by atoms with Crippen molar-refractivity contribution in [3.05, 3.63) is 65.6 Å². The van der Waals surface area contributed by atoms with Crippen molar-refractivity contribution in [3.63, 3.8) is 0 Å². The van der Waals surface area contributed by atoms with Gasteiger partial charge < -0.3 is 10.2 Å². The number of hydrogen-bond donors (Lipinski definition) is 2. The number of halogens is 1. The van der Waals surface area contributed by atoms with Gasteiger partial charge in [-0.2, -0.15) is 5.10 Å². The summed E-state index contributed by atoms with van der Waals surface area (Å²) in [5.74, 6) is -0.542. The summed E-state index contributed by atoms with van der Waals surface area (Å²) in [4.78, 5) is 14.4. The van der Waals surface area contributed by atoms with E-state index in [2.05, 4.69) is 15.5 Å². The number of rotatable bonds is 5. The summed E-state index contributed by atoms with van der Waals surface area (Å²) in [5.41, 5.74) is 1.99. The Morgan fingerprint density at radius 2 is 2.04 bits per heavy atom. The number of H-pyrrole nitrogens is 1. The number of nitrogens with one attached hydrogen (secondary N) is 2. The molecule has 0 unspecified atom stereocenters. The lowest BCUT2D eigenvalue weighted by Crippen LogP contribution is -2.34. The smallest absolute Gasteiger partial charge is 0.272 e. The first-order valence-corrected chi connectivity index (χ1v) is 7.69. The Kier molecular flexibility index (Phi) is 4.57. The summed E-state index contributed by atoms with van der Waals surface area (Å²) in [6.45, 7) is 0.358. The Morgan fingerprint density at radius 1 is 1.25 bits per heavy atom. The van der Waals surface area contributed by atoms with E-state index in [9.17, 15) is 9.18 Å². The minimum atomic E-state index is -0.288. The second-order valence-electron chi connectivity index (χ2n) is 5.86. The number of carbonyl (C=O) groups is 1. The van der Waals surface area contributed by atoms with E-state index in [4.69, 9.17) is 0 Å². The fraction of sp³-hybridized carbons (Fsp3) is 0.222. The van der Waals surface area contributed by atoms with Gasteiger partial charge in [-0.25, -0.2) is 4.39 Å². The highest BCUT2D eigenvalue weighted by Crippen LogP contribution is 2.19. The second kappa shape index (κ2) is 6.80. The molecule has 1 atom stereocenters. The van der Waals surface area contributed by atoms with E-state index in [1.165, 1.54) is 12.1 Å². The predicted molar refractivity (Wildman–Crippen MR) is 91.3 cm³/mol. The molecule has 5 nitrogen and oxygen atoms in total. The zero-order valence-corrected chi connectivity index (χ0v) is 13.6. The van der Waals surface area contributed by atoms with Crippen LogP contribution in [0.2, 0.25) is 0 Å². The van der Waals surface area contributed by atoms with Crippen LogP contribution < -0.4 is 5.32 Å². The number of aromatic nitrogens is 2. The topological polar surface area (TPSA) is 61.0 Å². The normalized spacial score (nSPS) is 12.5. The van der Waals surface area contributed by atoms with Gasteiger partial charge in [0.05, 0.1) is 11.6 Å². The largest absolute Gasteiger partial charge is 0.349 e. The molecule has 0 saturated carbocycles. The molecule has 0 bridgehead atoms. The van der Waals surface area contributed by atoms with E-state index < -0.39 is 0 Å². The standard InChI is InChI=1S/C18H19FN4O/c1-23(2)16(12-6-5-7-13(19)10-12)11-20-18(24)17-14-8-3-4-9-15(14)21-22-17/h3-10,16H,11H2,1-2H3,(H,20,24)(H,21,22)/t16-/m0/s1. The average Bonchev–Trinajstić information content (AvgIpc) is 2.99.